The van der Waals surface area contributed by atoms with Crippen LogP contribution in [0.2, 0.25) is 0 Å². The summed E-state index contributed by atoms with van der Waals surface area (Å²) in [6, 6.07) is 0.191. The Morgan fingerprint density at radius 1 is 1.35 bits per heavy atom. The molecule has 0 fully saturated rings. The molecular weight excluding hydrogens is 260 g/mol. The fourth-order valence-corrected chi connectivity index (χ4v) is 1.63. The second kappa shape index (κ2) is 5.52. The van der Waals surface area contributed by atoms with Crippen molar-refractivity contribution in [1.29, 1.82) is 0 Å². The molecule has 104 valence electrons. The number of carbonyl (C=O) groups is 1. The fourth-order valence-electron chi connectivity index (χ4n) is 1.63. The number of aliphatic carboxylic acids is 1. The van der Waals surface area contributed by atoms with Crippen LogP contribution in [0.5, 0.6) is 11.8 Å². The highest BCUT2D eigenvalue weighted by atomic mass is 16.5. The predicted octanol–water partition coefficient (Wildman–Crippen LogP) is 1.72. The van der Waals surface area contributed by atoms with E-state index in [1.807, 2.05) is 20.9 Å². The molecule has 0 saturated carbocycles. The van der Waals surface area contributed by atoms with Gasteiger partial charge in [-0.3, -0.25) is 4.68 Å². The summed E-state index contributed by atoms with van der Waals surface area (Å²) in [6.45, 7) is 3.73. The lowest BCUT2D eigenvalue weighted by Crippen LogP contribution is -1.95. The van der Waals surface area contributed by atoms with Crippen LogP contribution >= 0.6 is 0 Å². The zero-order chi connectivity index (χ0) is 14.7. The second-order valence-electron chi connectivity index (χ2n) is 4.20. The van der Waals surface area contributed by atoms with Crippen LogP contribution in [0.25, 0.3) is 6.08 Å². The van der Waals surface area contributed by atoms with E-state index in [1.54, 1.807) is 4.68 Å². The molecule has 0 bridgehead atoms. The first-order chi connectivity index (χ1) is 9.47. The van der Waals surface area contributed by atoms with Crippen molar-refractivity contribution in [2.24, 2.45) is 7.05 Å². The number of ether oxygens (including phenoxy) is 1. The molecule has 0 aromatic carbocycles. The topological polar surface area (TPSA) is 90.1 Å². The van der Waals surface area contributed by atoms with Crippen molar-refractivity contribution in [3.63, 3.8) is 0 Å². The maximum atomic E-state index is 10.4. The van der Waals surface area contributed by atoms with Crippen molar-refractivity contribution in [2.45, 2.75) is 13.8 Å². The average molecular weight is 274 g/mol. The van der Waals surface area contributed by atoms with Crippen LogP contribution in [0.3, 0.4) is 0 Å². The number of carboxylic acids is 1. The van der Waals surface area contributed by atoms with Gasteiger partial charge in [-0.1, -0.05) is 0 Å². The van der Waals surface area contributed by atoms with Crippen molar-refractivity contribution in [2.75, 3.05) is 0 Å². The summed E-state index contributed by atoms with van der Waals surface area (Å²) in [5.41, 5.74) is 2.21. The van der Waals surface area contributed by atoms with E-state index in [0.29, 0.717) is 11.3 Å². The SMILES string of the molecule is Cc1nn(C)c(C)c1Oc1ncc(/C=C/C(=O)O)cn1. The quantitative estimate of drug-likeness (QED) is 0.854. The maximum Gasteiger partial charge on any atom is 0.328 e. The van der Waals surface area contributed by atoms with Crippen LogP contribution in [0.15, 0.2) is 18.5 Å². The molecule has 0 amide bonds. The Morgan fingerprint density at radius 3 is 2.50 bits per heavy atom. The van der Waals surface area contributed by atoms with Gasteiger partial charge in [-0.05, 0) is 19.9 Å². The van der Waals surface area contributed by atoms with Crippen molar-refractivity contribution in [3.8, 4) is 11.8 Å². The molecular formula is C13H14N4O3. The van der Waals surface area contributed by atoms with E-state index in [1.165, 1.54) is 18.5 Å². The molecule has 0 saturated heterocycles. The molecule has 0 radical (unpaired) electrons. The van der Waals surface area contributed by atoms with Crippen LogP contribution < -0.4 is 4.74 Å². The van der Waals surface area contributed by atoms with Gasteiger partial charge in [-0.25, -0.2) is 14.8 Å². The van der Waals surface area contributed by atoms with E-state index >= 15 is 0 Å². The molecule has 1 N–H and O–H groups in total. The minimum atomic E-state index is -1.02. The highest BCUT2D eigenvalue weighted by Crippen LogP contribution is 2.25. The Morgan fingerprint density at radius 2 is 2.00 bits per heavy atom. The van der Waals surface area contributed by atoms with Gasteiger partial charge in [0.1, 0.15) is 5.69 Å². The number of rotatable bonds is 4. The standard InChI is InChI=1S/C13H14N4O3/c1-8-12(9(2)17(3)16-8)20-13-14-6-10(7-15-13)4-5-11(18)19/h4-7H,1-3H3,(H,18,19)/b5-4+. The van der Waals surface area contributed by atoms with Gasteiger partial charge < -0.3 is 9.84 Å². The summed E-state index contributed by atoms with van der Waals surface area (Å²) in [7, 11) is 1.83. The Balaban J connectivity index is 2.17. The Hall–Kier alpha value is -2.70. The van der Waals surface area contributed by atoms with Crippen LogP contribution in [0, 0.1) is 13.8 Å². The summed E-state index contributed by atoms with van der Waals surface area (Å²) in [5, 5.41) is 12.8. The zero-order valence-electron chi connectivity index (χ0n) is 11.4. The molecule has 0 aliphatic heterocycles. The van der Waals surface area contributed by atoms with Gasteiger partial charge in [-0.15, -0.1) is 0 Å². The number of hydrogen-bond acceptors (Lipinski definition) is 5. The predicted molar refractivity (Wildman–Crippen MR) is 71.5 cm³/mol. The van der Waals surface area contributed by atoms with Crippen LogP contribution in [-0.4, -0.2) is 30.8 Å². The Kier molecular flexibility index (Phi) is 3.79. The summed E-state index contributed by atoms with van der Waals surface area (Å²) >= 11 is 0. The highest BCUT2D eigenvalue weighted by molar-refractivity contribution is 5.85. The van der Waals surface area contributed by atoms with Crippen molar-refractivity contribution >= 4 is 12.0 Å². The monoisotopic (exact) mass is 274 g/mol. The number of aryl methyl sites for hydroxylation is 2. The molecule has 20 heavy (non-hydrogen) atoms. The van der Waals surface area contributed by atoms with Crippen molar-refractivity contribution in [3.05, 3.63) is 35.4 Å². The lowest BCUT2D eigenvalue weighted by Gasteiger charge is -2.03. The van der Waals surface area contributed by atoms with E-state index in [-0.39, 0.29) is 6.01 Å². The average Bonchev–Trinajstić information content (AvgIpc) is 2.64. The Labute approximate surface area is 115 Å². The smallest absolute Gasteiger partial charge is 0.328 e. The Bertz CT molecular complexity index is 659. The molecule has 0 aliphatic rings. The largest absolute Gasteiger partial charge is 0.478 e. The summed E-state index contributed by atoms with van der Waals surface area (Å²) in [4.78, 5) is 18.5. The van der Waals surface area contributed by atoms with E-state index < -0.39 is 5.97 Å². The summed E-state index contributed by atoms with van der Waals surface area (Å²) in [5.74, 6) is -0.395. The van der Waals surface area contributed by atoms with Gasteiger partial charge in [0.2, 0.25) is 0 Å². The first-order valence-corrected chi connectivity index (χ1v) is 5.88. The van der Waals surface area contributed by atoms with E-state index in [4.69, 9.17) is 9.84 Å². The number of nitrogens with zero attached hydrogens (tertiary/aromatic N) is 4. The van der Waals surface area contributed by atoms with E-state index in [2.05, 4.69) is 15.1 Å². The highest BCUT2D eigenvalue weighted by Gasteiger charge is 2.12. The molecule has 7 heteroatoms. The molecule has 0 atom stereocenters. The fraction of sp³-hybridized carbons (Fsp3) is 0.231. The number of aromatic nitrogens is 4. The summed E-state index contributed by atoms with van der Waals surface area (Å²) in [6.07, 6.45) is 5.41. The lowest BCUT2D eigenvalue weighted by atomic mass is 10.3. The van der Waals surface area contributed by atoms with Gasteiger partial charge >= 0.3 is 12.0 Å². The number of carboxylic acid groups (broad SMARTS) is 1. The van der Waals surface area contributed by atoms with E-state index in [9.17, 15) is 4.79 Å². The third-order valence-electron chi connectivity index (χ3n) is 2.70. The molecule has 2 rings (SSSR count). The van der Waals surface area contributed by atoms with Crippen molar-refractivity contribution < 1.29 is 14.6 Å². The van der Waals surface area contributed by atoms with Gasteiger partial charge in [0.25, 0.3) is 0 Å². The maximum absolute atomic E-state index is 10.4. The third-order valence-corrected chi connectivity index (χ3v) is 2.70. The van der Waals surface area contributed by atoms with Crippen molar-refractivity contribution in [1.82, 2.24) is 19.7 Å². The van der Waals surface area contributed by atoms with Gasteiger partial charge in [0.15, 0.2) is 5.75 Å². The first-order valence-electron chi connectivity index (χ1n) is 5.88. The lowest BCUT2D eigenvalue weighted by molar-refractivity contribution is -0.131. The zero-order valence-corrected chi connectivity index (χ0v) is 11.4. The van der Waals surface area contributed by atoms with Crippen LogP contribution in [0.1, 0.15) is 17.0 Å². The molecule has 2 aromatic rings. The van der Waals surface area contributed by atoms with Gasteiger partial charge in [0.05, 0.1) is 5.69 Å². The minimum absolute atomic E-state index is 0.191. The second-order valence-corrected chi connectivity index (χ2v) is 4.20. The van der Waals surface area contributed by atoms with E-state index in [0.717, 1.165) is 17.5 Å². The normalized spacial score (nSPS) is 10.9. The van der Waals surface area contributed by atoms with Crippen LogP contribution in [-0.2, 0) is 11.8 Å². The third kappa shape index (κ3) is 3.00. The van der Waals surface area contributed by atoms with Crippen LogP contribution in [0.4, 0.5) is 0 Å². The first kappa shape index (κ1) is 13.7. The molecule has 2 aromatic heterocycles. The molecule has 0 spiro atoms. The number of hydrogen-bond donors (Lipinski definition) is 1. The minimum Gasteiger partial charge on any atom is -0.478 e. The molecule has 2 heterocycles. The molecule has 0 unspecified atom stereocenters. The molecule has 0 aliphatic carbocycles. The summed E-state index contributed by atoms with van der Waals surface area (Å²) < 4.78 is 7.31. The van der Waals surface area contributed by atoms with Gasteiger partial charge in [-0.2, -0.15) is 5.10 Å². The van der Waals surface area contributed by atoms with Gasteiger partial charge in [0, 0.05) is 31.1 Å². The molecule has 7 nitrogen and oxygen atoms in total.